The molecule has 3 heteroatoms. The lowest BCUT2D eigenvalue weighted by Gasteiger charge is -2.10. The van der Waals surface area contributed by atoms with E-state index < -0.39 is 0 Å². The lowest BCUT2D eigenvalue weighted by molar-refractivity contribution is 0.310. The second-order valence-corrected chi connectivity index (χ2v) is 4.72. The zero-order valence-electron chi connectivity index (χ0n) is 11.6. The maximum Gasteiger partial charge on any atom is 0.214 e. The molecule has 1 heterocycles. The zero-order chi connectivity index (χ0) is 13.7. The number of nitrogens with one attached hydrogen (secondary N) is 1. The SMILES string of the molecule is C=C(C)CCOc1cc(CNC)c2ccccc2n1. The van der Waals surface area contributed by atoms with Crippen LogP contribution in [0.25, 0.3) is 10.9 Å². The van der Waals surface area contributed by atoms with Crippen LogP contribution in [0.5, 0.6) is 5.88 Å². The third kappa shape index (κ3) is 3.55. The minimum atomic E-state index is 0.625. The second-order valence-electron chi connectivity index (χ2n) is 4.72. The van der Waals surface area contributed by atoms with Gasteiger partial charge < -0.3 is 10.1 Å². The van der Waals surface area contributed by atoms with E-state index in [4.69, 9.17) is 4.74 Å². The van der Waals surface area contributed by atoms with E-state index in [1.807, 2.05) is 38.2 Å². The third-order valence-corrected chi connectivity index (χ3v) is 2.92. The molecule has 3 nitrogen and oxygen atoms in total. The fourth-order valence-electron chi connectivity index (χ4n) is 1.96. The molecule has 19 heavy (non-hydrogen) atoms. The topological polar surface area (TPSA) is 34.1 Å². The molecule has 0 radical (unpaired) electrons. The van der Waals surface area contributed by atoms with Crippen molar-refractivity contribution in [1.82, 2.24) is 10.3 Å². The molecule has 2 rings (SSSR count). The largest absolute Gasteiger partial charge is 0.477 e. The zero-order valence-corrected chi connectivity index (χ0v) is 11.6. The summed E-state index contributed by atoms with van der Waals surface area (Å²) in [6.07, 6.45) is 0.857. The molecule has 0 fully saturated rings. The Balaban J connectivity index is 2.26. The Morgan fingerprint density at radius 2 is 2.16 bits per heavy atom. The average Bonchev–Trinajstić information content (AvgIpc) is 2.39. The molecular formula is C16H20N2O. The summed E-state index contributed by atoms with van der Waals surface area (Å²) >= 11 is 0. The van der Waals surface area contributed by atoms with Gasteiger partial charge in [-0.15, -0.1) is 6.58 Å². The average molecular weight is 256 g/mol. The number of hydrogen-bond donors (Lipinski definition) is 1. The molecule has 0 atom stereocenters. The molecule has 0 spiro atoms. The Morgan fingerprint density at radius 1 is 1.37 bits per heavy atom. The van der Waals surface area contributed by atoms with Gasteiger partial charge in [0.15, 0.2) is 0 Å². The summed E-state index contributed by atoms with van der Waals surface area (Å²) in [7, 11) is 1.94. The van der Waals surface area contributed by atoms with Crippen molar-refractivity contribution in [3.8, 4) is 5.88 Å². The van der Waals surface area contributed by atoms with Crippen LogP contribution in [0, 0.1) is 0 Å². The van der Waals surface area contributed by atoms with Crippen molar-refractivity contribution in [2.24, 2.45) is 0 Å². The molecule has 2 aromatic rings. The van der Waals surface area contributed by atoms with Crippen molar-refractivity contribution in [3.05, 3.63) is 48.0 Å². The molecular weight excluding hydrogens is 236 g/mol. The predicted molar refractivity (Wildman–Crippen MR) is 79.4 cm³/mol. The van der Waals surface area contributed by atoms with E-state index in [1.165, 1.54) is 10.9 Å². The Bertz CT molecular complexity index is 578. The van der Waals surface area contributed by atoms with Gasteiger partial charge >= 0.3 is 0 Å². The summed E-state index contributed by atoms with van der Waals surface area (Å²) < 4.78 is 5.71. The molecule has 1 aromatic carbocycles. The summed E-state index contributed by atoms with van der Waals surface area (Å²) in [5.41, 5.74) is 3.30. The lowest BCUT2D eigenvalue weighted by Crippen LogP contribution is -2.07. The molecule has 0 saturated heterocycles. The van der Waals surface area contributed by atoms with E-state index in [0.717, 1.165) is 24.1 Å². The summed E-state index contributed by atoms with van der Waals surface area (Å²) in [4.78, 5) is 4.54. The van der Waals surface area contributed by atoms with Crippen LogP contribution in [0.2, 0.25) is 0 Å². The van der Waals surface area contributed by atoms with Gasteiger partial charge in [0.05, 0.1) is 12.1 Å². The molecule has 0 aliphatic heterocycles. The predicted octanol–water partition coefficient (Wildman–Crippen LogP) is 3.30. The van der Waals surface area contributed by atoms with Crippen LogP contribution >= 0.6 is 0 Å². The Morgan fingerprint density at radius 3 is 2.89 bits per heavy atom. The number of aromatic nitrogens is 1. The number of rotatable bonds is 6. The minimum Gasteiger partial charge on any atom is -0.477 e. The van der Waals surface area contributed by atoms with Gasteiger partial charge in [-0.3, -0.25) is 0 Å². The minimum absolute atomic E-state index is 0.625. The number of fused-ring (bicyclic) bond motifs is 1. The standard InChI is InChI=1S/C16H20N2O/c1-12(2)8-9-19-16-10-13(11-17-3)14-6-4-5-7-15(14)18-16/h4-7,10,17H,1,8-9,11H2,2-3H3. The molecule has 0 bridgehead atoms. The molecule has 0 unspecified atom stereocenters. The molecule has 0 aliphatic carbocycles. The smallest absolute Gasteiger partial charge is 0.214 e. The first-order valence-electron chi connectivity index (χ1n) is 6.51. The van der Waals surface area contributed by atoms with Crippen molar-refractivity contribution >= 4 is 10.9 Å². The van der Waals surface area contributed by atoms with Crippen LogP contribution in [0.1, 0.15) is 18.9 Å². The first kappa shape index (κ1) is 13.6. The number of ether oxygens (including phenoxy) is 1. The van der Waals surface area contributed by atoms with Crippen molar-refractivity contribution in [2.75, 3.05) is 13.7 Å². The second kappa shape index (κ2) is 6.34. The van der Waals surface area contributed by atoms with Gasteiger partial charge in [-0.1, -0.05) is 23.8 Å². The van der Waals surface area contributed by atoms with Gasteiger partial charge in [0.1, 0.15) is 0 Å². The highest BCUT2D eigenvalue weighted by Gasteiger charge is 2.05. The molecule has 0 amide bonds. The maximum absolute atomic E-state index is 5.71. The van der Waals surface area contributed by atoms with Crippen LogP contribution in [-0.4, -0.2) is 18.6 Å². The van der Waals surface area contributed by atoms with E-state index in [9.17, 15) is 0 Å². The van der Waals surface area contributed by atoms with Crippen molar-refractivity contribution in [1.29, 1.82) is 0 Å². The van der Waals surface area contributed by atoms with Gasteiger partial charge in [-0.2, -0.15) is 0 Å². The van der Waals surface area contributed by atoms with E-state index in [1.54, 1.807) is 0 Å². The van der Waals surface area contributed by atoms with Gasteiger partial charge in [0, 0.05) is 24.4 Å². The fourth-order valence-corrected chi connectivity index (χ4v) is 1.96. The van der Waals surface area contributed by atoms with Crippen LogP contribution in [0.4, 0.5) is 0 Å². The Hall–Kier alpha value is -1.87. The monoisotopic (exact) mass is 256 g/mol. The van der Waals surface area contributed by atoms with Gasteiger partial charge in [-0.05, 0) is 25.6 Å². The molecule has 1 aromatic heterocycles. The van der Waals surface area contributed by atoms with E-state index in [0.29, 0.717) is 12.5 Å². The molecule has 0 aliphatic rings. The number of pyridine rings is 1. The fraction of sp³-hybridized carbons (Fsp3) is 0.312. The normalized spacial score (nSPS) is 10.6. The Kier molecular flexibility index (Phi) is 4.53. The van der Waals surface area contributed by atoms with Gasteiger partial charge in [-0.25, -0.2) is 4.98 Å². The lowest BCUT2D eigenvalue weighted by atomic mass is 10.1. The summed E-state index contributed by atoms with van der Waals surface area (Å²) in [5.74, 6) is 0.685. The van der Waals surface area contributed by atoms with Crippen molar-refractivity contribution in [2.45, 2.75) is 19.9 Å². The van der Waals surface area contributed by atoms with Gasteiger partial charge in [0.25, 0.3) is 0 Å². The number of hydrogen-bond acceptors (Lipinski definition) is 3. The van der Waals surface area contributed by atoms with E-state index >= 15 is 0 Å². The number of benzene rings is 1. The van der Waals surface area contributed by atoms with Crippen LogP contribution in [0.15, 0.2) is 42.5 Å². The maximum atomic E-state index is 5.71. The van der Waals surface area contributed by atoms with Crippen molar-refractivity contribution < 1.29 is 4.74 Å². The molecule has 0 saturated carbocycles. The number of para-hydroxylation sites is 1. The summed E-state index contributed by atoms with van der Waals surface area (Å²) in [6, 6.07) is 10.1. The van der Waals surface area contributed by atoms with Gasteiger partial charge in [0.2, 0.25) is 5.88 Å². The van der Waals surface area contributed by atoms with Crippen LogP contribution in [-0.2, 0) is 6.54 Å². The van der Waals surface area contributed by atoms with E-state index in [-0.39, 0.29) is 0 Å². The Labute approximate surface area is 114 Å². The summed E-state index contributed by atoms with van der Waals surface area (Å²) in [6.45, 7) is 7.31. The first-order chi connectivity index (χ1) is 9.20. The van der Waals surface area contributed by atoms with Crippen LogP contribution in [0.3, 0.4) is 0 Å². The van der Waals surface area contributed by atoms with E-state index in [2.05, 4.69) is 22.9 Å². The quantitative estimate of drug-likeness (QED) is 0.805. The third-order valence-electron chi connectivity index (χ3n) is 2.92. The molecule has 100 valence electrons. The number of nitrogens with zero attached hydrogens (tertiary/aromatic N) is 1. The highest BCUT2D eigenvalue weighted by molar-refractivity contribution is 5.82. The highest BCUT2D eigenvalue weighted by Crippen LogP contribution is 2.22. The first-order valence-corrected chi connectivity index (χ1v) is 6.51. The van der Waals surface area contributed by atoms with Crippen LogP contribution < -0.4 is 10.1 Å². The highest BCUT2D eigenvalue weighted by atomic mass is 16.5. The van der Waals surface area contributed by atoms with Crippen molar-refractivity contribution in [3.63, 3.8) is 0 Å². The molecule has 1 N–H and O–H groups in total. The summed E-state index contributed by atoms with van der Waals surface area (Å²) in [5, 5.41) is 4.35.